The molecule has 1 aromatic heterocycles. The quantitative estimate of drug-likeness (QED) is 0.598. The maximum atomic E-state index is 14.6. The van der Waals surface area contributed by atoms with Gasteiger partial charge in [-0.15, -0.1) is 0 Å². The van der Waals surface area contributed by atoms with Crippen molar-refractivity contribution in [1.29, 1.82) is 0 Å². The Balaban J connectivity index is 2.37. The Bertz CT molecular complexity index is 903. The van der Waals surface area contributed by atoms with Crippen LogP contribution < -0.4 is 4.74 Å². The van der Waals surface area contributed by atoms with Gasteiger partial charge < -0.3 is 4.74 Å². The van der Waals surface area contributed by atoms with Gasteiger partial charge in [-0.05, 0) is 42.5 Å². The summed E-state index contributed by atoms with van der Waals surface area (Å²) in [6, 6.07) is 8.25. The Morgan fingerprint density at radius 3 is 2.21 bits per heavy atom. The summed E-state index contributed by atoms with van der Waals surface area (Å²) in [4.78, 5) is 3.97. The second kappa shape index (κ2) is 5.74. The zero-order valence-corrected chi connectivity index (χ0v) is 12.3. The Labute approximate surface area is 133 Å². The van der Waals surface area contributed by atoms with E-state index in [2.05, 4.69) is 4.98 Å². The summed E-state index contributed by atoms with van der Waals surface area (Å²) in [5, 5.41) is -0.398. The van der Waals surface area contributed by atoms with Crippen molar-refractivity contribution < 1.29 is 26.7 Å². The van der Waals surface area contributed by atoms with E-state index in [9.17, 15) is 22.0 Å². The second-order valence-electron chi connectivity index (χ2n) is 5.04. The molecule has 24 heavy (non-hydrogen) atoms. The number of fused-ring (bicyclic) bond motifs is 1. The minimum atomic E-state index is -4.92. The average molecular weight is 339 g/mol. The van der Waals surface area contributed by atoms with Crippen LogP contribution in [0.25, 0.3) is 22.2 Å². The SMILES string of the molecule is COc1ccc2nc(-c3ccc(F)cc3)c(F)c(C(F)(F)F)c2c1. The fourth-order valence-electron chi connectivity index (χ4n) is 2.42. The molecule has 1 heterocycles. The number of nitrogens with zero attached hydrogens (tertiary/aromatic N) is 1. The Hall–Kier alpha value is -2.70. The largest absolute Gasteiger partial charge is 0.497 e. The summed E-state index contributed by atoms with van der Waals surface area (Å²) < 4.78 is 72.7. The summed E-state index contributed by atoms with van der Waals surface area (Å²) in [5.74, 6) is -1.93. The van der Waals surface area contributed by atoms with Crippen LogP contribution >= 0.6 is 0 Å². The topological polar surface area (TPSA) is 22.1 Å². The molecule has 0 N–H and O–H groups in total. The van der Waals surface area contributed by atoms with Crippen molar-refractivity contribution in [2.75, 3.05) is 7.11 Å². The zero-order chi connectivity index (χ0) is 17.5. The lowest BCUT2D eigenvalue weighted by molar-refractivity contribution is -0.138. The molecule has 7 heteroatoms. The highest BCUT2D eigenvalue weighted by Gasteiger charge is 2.38. The van der Waals surface area contributed by atoms with Crippen LogP contribution in [0, 0.1) is 11.6 Å². The Morgan fingerprint density at radius 2 is 1.62 bits per heavy atom. The molecule has 0 spiro atoms. The van der Waals surface area contributed by atoms with E-state index in [1.165, 1.54) is 31.4 Å². The van der Waals surface area contributed by atoms with Crippen LogP contribution in [0.2, 0.25) is 0 Å². The highest BCUT2D eigenvalue weighted by molar-refractivity contribution is 5.87. The van der Waals surface area contributed by atoms with E-state index in [-0.39, 0.29) is 16.8 Å². The van der Waals surface area contributed by atoms with E-state index >= 15 is 0 Å². The van der Waals surface area contributed by atoms with Gasteiger partial charge >= 0.3 is 6.18 Å². The van der Waals surface area contributed by atoms with E-state index < -0.39 is 34.5 Å². The normalized spacial score (nSPS) is 11.8. The van der Waals surface area contributed by atoms with Gasteiger partial charge in [-0.1, -0.05) is 0 Å². The third kappa shape index (κ3) is 2.77. The summed E-state index contributed by atoms with van der Waals surface area (Å²) in [6.07, 6.45) is -4.92. The maximum absolute atomic E-state index is 14.6. The van der Waals surface area contributed by atoms with Gasteiger partial charge in [0.25, 0.3) is 0 Å². The lowest BCUT2D eigenvalue weighted by atomic mass is 10.0. The monoisotopic (exact) mass is 339 g/mol. The molecular formula is C17H10F5NO. The van der Waals surface area contributed by atoms with E-state index in [1.54, 1.807) is 0 Å². The molecule has 0 bridgehead atoms. The lowest BCUT2D eigenvalue weighted by Crippen LogP contribution is -2.11. The number of hydrogen-bond donors (Lipinski definition) is 0. The summed E-state index contributed by atoms with van der Waals surface area (Å²) in [6.45, 7) is 0. The highest BCUT2D eigenvalue weighted by Crippen LogP contribution is 2.40. The number of alkyl halides is 3. The van der Waals surface area contributed by atoms with E-state index in [1.807, 2.05) is 0 Å². The first-order chi connectivity index (χ1) is 11.3. The van der Waals surface area contributed by atoms with E-state index in [0.29, 0.717) is 0 Å². The van der Waals surface area contributed by atoms with E-state index in [4.69, 9.17) is 4.74 Å². The fraction of sp³-hybridized carbons (Fsp3) is 0.118. The number of hydrogen-bond acceptors (Lipinski definition) is 2. The van der Waals surface area contributed by atoms with Crippen molar-refractivity contribution in [2.45, 2.75) is 6.18 Å². The smallest absolute Gasteiger partial charge is 0.419 e. The number of rotatable bonds is 2. The summed E-state index contributed by atoms with van der Waals surface area (Å²) >= 11 is 0. The number of benzene rings is 2. The third-order valence-electron chi connectivity index (χ3n) is 3.53. The summed E-state index contributed by atoms with van der Waals surface area (Å²) in [5.41, 5.74) is -1.90. The molecule has 0 saturated carbocycles. The number of ether oxygens (including phenoxy) is 1. The molecule has 0 unspecified atom stereocenters. The van der Waals surface area contributed by atoms with Crippen LogP contribution in [0.15, 0.2) is 42.5 Å². The molecular weight excluding hydrogens is 329 g/mol. The number of aromatic nitrogens is 1. The first-order valence-electron chi connectivity index (χ1n) is 6.81. The van der Waals surface area contributed by atoms with E-state index in [0.717, 1.165) is 18.2 Å². The minimum absolute atomic E-state index is 0.0381. The fourth-order valence-corrected chi connectivity index (χ4v) is 2.42. The van der Waals surface area contributed by atoms with Crippen molar-refractivity contribution in [3.8, 4) is 17.0 Å². The zero-order valence-electron chi connectivity index (χ0n) is 12.3. The number of methoxy groups -OCH3 is 1. The van der Waals surface area contributed by atoms with Gasteiger partial charge in [0.1, 0.15) is 22.8 Å². The first-order valence-corrected chi connectivity index (χ1v) is 6.81. The van der Waals surface area contributed by atoms with Crippen LogP contribution in [0.3, 0.4) is 0 Å². The molecule has 0 aliphatic heterocycles. The standard InChI is InChI=1S/C17H10F5NO/c1-24-11-6-7-13-12(8-11)14(17(20,21)22)15(19)16(23-13)9-2-4-10(18)5-3-9/h2-8H,1H3. The molecule has 124 valence electrons. The molecule has 3 rings (SSSR count). The average Bonchev–Trinajstić information content (AvgIpc) is 2.53. The predicted octanol–water partition coefficient (Wildman–Crippen LogP) is 5.21. The van der Waals surface area contributed by atoms with Gasteiger partial charge in [0.2, 0.25) is 0 Å². The predicted molar refractivity (Wildman–Crippen MR) is 78.6 cm³/mol. The van der Waals surface area contributed by atoms with Gasteiger partial charge in [-0.25, -0.2) is 13.8 Å². The first kappa shape index (κ1) is 16.2. The van der Waals surface area contributed by atoms with Crippen molar-refractivity contribution >= 4 is 10.9 Å². The van der Waals surface area contributed by atoms with Crippen molar-refractivity contribution in [1.82, 2.24) is 4.98 Å². The number of halogens is 5. The van der Waals surface area contributed by atoms with Gasteiger partial charge in [0.05, 0.1) is 12.6 Å². The second-order valence-corrected chi connectivity index (χ2v) is 5.04. The summed E-state index contributed by atoms with van der Waals surface area (Å²) in [7, 11) is 1.30. The molecule has 3 aromatic rings. The minimum Gasteiger partial charge on any atom is -0.497 e. The Kier molecular flexibility index (Phi) is 3.87. The van der Waals surface area contributed by atoms with Gasteiger partial charge in [0.15, 0.2) is 5.82 Å². The van der Waals surface area contributed by atoms with Crippen LogP contribution in [0.5, 0.6) is 5.75 Å². The van der Waals surface area contributed by atoms with Crippen molar-refractivity contribution in [3.05, 3.63) is 59.7 Å². The maximum Gasteiger partial charge on any atom is 0.419 e. The Morgan fingerprint density at radius 1 is 0.958 bits per heavy atom. The molecule has 0 fully saturated rings. The molecule has 0 aliphatic carbocycles. The molecule has 2 nitrogen and oxygen atoms in total. The molecule has 0 radical (unpaired) electrons. The van der Waals surface area contributed by atoms with Crippen molar-refractivity contribution in [2.24, 2.45) is 0 Å². The lowest BCUT2D eigenvalue weighted by Gasteiger charge is -2.15. The molecule has 0 aliphatic rings. The third-order valence-corrected chi connectivity index (χ3v) is 3.53. The molecule has 2 aromatic carbocycles. The highest BCUT2D eigenvalue weighted by atomic mass is 19.4. The van der Waals surface area contributed by atoms with Gasteiger partial charge in [0, 0.05) is 10.9 Å². The van der Waals surface area contributed by atoms with Crippen LogP contribution in [-0.2, 0) is 6.18 Å². The number of pyridine rings is 1. The van der Waals surface area contributed by atoms with Crippen LogP contribution in [0.4, 0.5) is 22.0 Å². The molecule has 0 atom stereocenters. The van der Waals surface area contributed by atoms with Crippen LogP contribution in [0.1, 0.15) is 5.56 Å². The molecule has 0 amide bonds. The molecule has 0 saturated heterocycles. The van der Waals surface area contributed by atoms with Gasteiger partial charge in [-0.2, -0.15) is 13.2 Å². The van der Waals surface area contributed by atoms with Crippen molar-refractivity contribution in [3.63, 3.8) is 0 Å². The van der Waals surface area contributed by atoms with Crippen LogP contribution in [-0.4, -0.2) is 12.1 Å². The van der Waals surface area contributed by atoms with Gasteiger partial charge in [-0.3, -0.25) is 0 Å².